The van der Waals surface area contributed by atoms with Crippen LogP contribution in [-0.4, -0.2) is 36.4 Å². The van der Waals surface area contributed by atoms with Gasteiger partial charge in [-0.3, -0.25) is 9.59 Å². The van der Waals surface area contributed by atoms with Gasteiger partial charge in [0, 0.05) is 18.2 Å². The van der Waals surface area contributed by atoms with Crippen molar-refractivity contribution in [3.8, 4) is 5.75 Å². The predicted octanol–water partition coefficient (Wildman–Crippen LogP) is 1.10. The molecule has 1 saturated heterocycles. The molecule has 0 spiro atoms. The molecule has 2 aliphatic rings. The Balaban J connectivity index is 1.74. The van der Waals surface area contributed by atoms with E-state index in [9.17, 15) is 9.59 Å². The van der Waals surface area contributed by atoms with Crippen LogP contribution in [0.15, 0.2) is 24.3 Å². The Morgan fingerprint density at radius 1 is 1.43 bits per heavy atom. The highest BCUT2D eigenvalue weighted by molar-refractivity contribution is 5.86. The summed E-state index contributed by atoms with van der Waals surface area (Å²) in [7, 11) is 1.60. The largest absolute Gasteiger partial charge is 0.496 e. The van der Waals surface area contributed by atoms with Crippen LogP contribution < -0.4 is 10.5 Å². The lowest BCUT2D eigenvalue weighted by Crippen LogP contribution is -2.45. The second-order valence-electron chi connectivity index (χ2n) is 6.05. The van der Waals surface area contributed by atoms with Crippen molar-refractivity contribution in [2.24, 2.45) is 11.1 Å². The van der Waals surface area contributed by atoms with Crippen molar-refractivity contribution in [2.75, 3.05) is 13.7 Å². The van der Waals surface area contributed by atoms with E-state index in [4.69, 9.17) is 10.5 Å². The normalized spacial score (nSPS) is 26.9. The smallest absolute Gasteiger partial charge is 0.227 e. The summed E-state index contributed by atoms with van der Waals surface area (Å²) in [6.45, 7) is 0.473. The van der Waals surface area contributed by atoms with Crippen LogP contribution in [0.25, 0.3) is 0 Å². The molecular weight excluding hydrogens is 268 g/mol. The Kier molecular flexibility index (Phi) is 3.35. The lowest BCUT2D eigenvalue weighted by molar-refractivity contribution is -0.134. The van der Waals surface area contributed by atoms with Gasteiger partial charge in [0.1, 0.15) is 5.75 Å². The van der Waals surface area contributed by atoms with Crippen molar-refractivity contribution in [3.63, 3.8) is 0 Å². The number of amides is 2. The molecule has 1 aromatic carbocycles. The molecule has 2 amide bonds. The number of hydrogen-bond acceptors (Lipinski definition) is 3. The maximum absolute atomic E-state index is 12.6. The predicted molar refractivity (Wildman–Crippen MR) is 77.7 cm³/mol. The molecule has 0 radical (unpaired) electrons. The highest BCUT2D eigenvalue weighted by atomic mass is 16.5. The van der Waals surface area contributed by atoms with Crippen LogP contribution in [0.1, 0.15) is 24.8 Å². The minimum Gasteiger partial charge on any atom is -0.496 e. The molecule has 1 saturated carbocycles. The molecule has 2 atom stereocenters. The zero-order valence-corrected chi connectivity index (χ0v) is 12.2. The van der Waals surface area contributed by atoms with Gasteiger partial charge in [-0.25, -0.2) is 0 Å². The number of primary amides is 1. The van der Waals surface area contributed by atoms with E-state index in [0.717, 1.165) is 30.6 Å². The van der Waals surface area contributed by atoms with Gasteiger partial charge in [0.05, 0.1) is 18.9 Å². The van der Waals surface area contributed by atoms with Crippen molar-refractivity contribution in [3.05, 3.63) is 29.8 Å². The summed E-state index contributed by atoms with van der Waals surface area (Å²) < 4.78 is 5.28. The molecule has 2 fully saturated rings. The summed E-state index contributed by atoms with van der Waals surface area (Å²) in [4.78, 5) is 26.1. The quantitative estimate of drug-likeness (QED) is 0.902. The summed E-state index contributed by atoms with van der Waals surface area (Å²) in [6.07, 6.45) is 2.71. The standard InChI is InChI=1S/C16H20N2O3/c1-21-13-5-3-2-4-11(13)8-14(19)18-10-16(15(17)20)7-6-12(18)9-16/h2-5,12H,6-10H2,1H3,(H2,17,20)/t12-,16-/m0/s1. The third-order valence-electron chi connectivity index (χ3n) is 4.87. The van der Waals surface area contributed by atoms with Crippen LogP contribution in [0.5, 0.6) is 5.75 Å². The summed E-state index contributed by atoms with van der Waals surface area (Å²) in [5, 5.41) is 0. The molecule has 1 aromatic rings. The van der Waals surface area contributed by atoms with E-state index < -0.39 is 5.41 Å². The number of piperidine rings is 1. The van der Waals surface area contributed by atoms with Crippen LogP contribution in [0.4, 0.5) is 0 Å². The van der Waals surface area contributed by atoms with Crippen LogP contribution in [0.3, 0.4) is 0 Å². The number of rotatable bonds is 4. The maximum atomic E-state index is 12.6. The second-order valence-corrected chi connectivity index (χ2v) is 6.05. The Labute approximate surface area is 124 Å². The van der Waals surface area contributed by atoms with Crippen LogP contribution in [0, 0.1) is 5.41 Å². The van der Waals surface area contributed by atoms with Crippen molar-refractivity contribution < 1.29 is 14.3 Å². The Hall–Kier alpha value is -2.04. The number of hydrogen-bond donors (Lipinski definition) is 1. The van der Waals surface area contributed by atoms with E-state index in [1.165, 1.54) is 0 Å². The lowest BCUT2D eigenvalue weighted by Gasteiger charge is -2.31. The monoisotopic (exact) mass is 288 g/mol. The molecule has 21 heavy (non-hydrogen) atoms. The second kappa shape index (κ2) is 5.06. The van der Waals surface area contributed by atoms with Gasteiger partial charge in [-0.05, 0) is 25.3 Å². The van der Waals surface area contributed by atoms with Gasteiger partial charge < -0.3 is 15.4 Å². The molecule has 2 N–H and O–H groups in total. The number of para-hydroxylation sites is 1. The molecule has 112 valence electrons. The first kappa shape index (κ1) is 13.9. The number of ether oxygens (including phenoxy) is 1. The van der Waals surface area contributed by atoms with Crippen molar-refractivity contribution in [1.82, 2.24) is 4.90 Å². The third kappa shape index (κ3) is 2.26. The van der Waals surface area contributed by atoms with E-state index >= 15 is 0 Å². The zero-order chi connectivity index (χ0) is 15.0. The number of nitrogens with zero attached hydrogens (tertiary/aromatic N) is 1. The Bertz CT molecular complexity index is 587. The van der Waals surface area contributed by atoms with Crippen LogP contribution in [-0.2, 0) is 16.0 Å². The number of likely N-dealkylation sites (tertiary alicyclic amines) is 1. The number of carbonyl (C=O) groups is 2. The summed E-state index contributed by atoms with van der Waals surface area (Å²) >= 11 is 0. The van der Waals surface area contributed by atoms with Gasteiger partial charge in [0.2, 0.25) is 11.8 Å². The first-order chi connectivity index (χ1) is 10.1. The van der Waals surface area contributed by atoms with E-state index in [1.54, 1.807) is 7.11 Å². The minimum atomic E-state index is -0.485. The van der Waals surface area contributed by atoms with Crippen molar-refractivity contribution in [1.29, 1.82) is 0 Å². The molecule has 3 rings (SSSR count). The summed E-state index contributed by atoms with van der Waals surface area (Å²) in [5.41, 5.74) is 5.92. The number of carbonyl (C=O) groups excluding carboxylic acids is 2. The lowest BCUT2D eigenvalue weighted by atomic mass is 9.86. The van der Waals surface area contributed by atoms with Crippen LogP contribution in [0.2, 0.25) is 0 Å². The molecule has 2 bridgehead atoms. The fraction of sp³-hybridized carbons (Fsp3) is 0.500. The average Bonchev–Trinajstić information content (AvgIpc) is 3.07. The topological polar surface area (TPSA) is 72.6 Å². The molecule has 0 unspecified atom stereocenters. The van der Waals surface area contributed by atoms with Gasteiger partial charge in [-0.2, -0.15) is 0 Å². The Morgan fingerprint density at radius 3 is 2.86 bits per heavy atom. The molecule has 1 aliphatic carbocycles. The highest BCUT2D eigenvalue weighted by Crippen LogP contribution is 2.47. The SMILES string of the molecule is COc1ccccc1CC(=O)N1C[C@]2(C(N)=O)CC[C@H]1C2. The molecule has 1 heterocycles. The molecule has 5 heteroatoms. The third-order valence-corrected chi connectivity index (χ3v) is 4.87. The summed E-state index contributed by atoms with van der Waals surface area (Å²) in [5.74, 6) is 0.504. The number of methoxy groups -OCH3 is 1. The molecular formula is C16H20N2O3. The van der Waals surface area contributed by atoms with E-state index in [0.29, 0.717) is 13.0 Å². The van der Waals surface area contributed by atoms with Gasteiger partial charge in [0.15, 0.2) is 0 Å². The van der Waals surface area contributed by atoms with Crippen LogP contribution >= 0.6 is 0 Å². The molecule has 0 aromatic heterocycles. The van der Waals surface area contributed by atoms with Crippen molar-refractivity contribution in [2.45, 2.75) is 31.7 Å². The average molecular weight is 288 g/mol. The fourth-order valence-electron chi connectivity index (χ4n) is 3.67. The van der Waals surface area contributed by atoms with Crippen molar-refractivity contribution >= 4 is 11.8 Å². The highest BCUT2D eigenvalue weighted by Gasteiger charge is 2.54. The van der Waals surface area contributed by atoms with Gasteiger partial charge in [0.25, 0.3) is 0 Å². The fourth-order valence-corrected chi connectivity index (χ4v) is 3.67. The zero-order valence-electron chi connectivity index (χ0n) is 12.2. The van der Waals surface area contributed by atoms with Gasteiger partial charge in [-0.15, -0.1) is 0 Å². The molecule has 1 aliphatic heterocycles. The first-order valence-electron chi connectivity index (χ1n) is 7.27. The number of nitrogens with two attached hydrogens (primary N) is 1. The maximum Gasteiger partial charge on any atom is 0.227 e. The first-order valence-corrected chi connectivity index (χ1v) is 7.27. The van der Waals surface area contributed by atoms with E-state index in [-0.39, 0.29) is 17.9 Å². The summed E-state index contributed by atoms with van der Waals surface area (Å²) in [6, 6.07) is 7.69. The Morgan fingerprint density at radius 2 is 2.19 bits per heavy atom. The van der Waals surface area contributed by atoms with Gasteiger partial charge >= 0.3 is 0 Å². The minimum absolute atomic E-state index is 0.0484. The number of fused-ring (bicyclic) bond motifs is 2. The molecule has 5 nitrogen and oxygen atoms in total. The number of benzene rings is 1. The van der Waals surface area contributed by atoms with E-state index in [1.807, 2.05) is 29.2 Å². The van der Waals surface area contributed by atoms with Gasteiger partial charge in [-0.1, -0.05) is 18.2 Å². The van der Waals surface area contributed by atoms with E-state index in [2.05, 4.69) is 0 Å².